The number of hydrogen-bond acceptors (Lipinski definition) is 0. The van der Waals surface area contributed by atoms with Crippen LogP contribution in [0, 0.1) is 12.8 Å². The van der Waals surface area contributed by atoms with Crippen LogP contribution in [0.5, 0.6) is 0 Å². The van der Waals surface area contributed by atoms with E-state index in [1.165, 1.54) is 16.7 Å². The van der Waals surface area contributed by atoms with Gasteiger partial charge in [-0.1, -0.05) is 54.7 Å². The van der Waals surface area contributed by atoms with E-state index in [1.54, 1.807) is 0 Å². The standard InChI is InChI=1S/C15H14/c1-11-5-4-7-13-10-9-12-6-2-3-8-14(12)15(11)13/h2-10,12,14H,1H3. The van der Waals surface area contributed by atoms with Crippen LogP contribution in [0.15, 0.2) is 48.6 Å². The van der Waals surface area contributed by atoms with E-state index in [4.69, 9.17) is 0 Å². The molecule has 1 aromatic carbocycles. The number of hydrogen-bond donors (Lipinski definition) is 0. The molecule has 2 aliphatic rings. The second kappa shape index (κ2) is 3.23. The van der Waals surface area contributed by atoms with Crippen molar-refractivity contribution in [2.24, 2.45) is 5.92 Å². The minimum atomic E-state index is 0.552. The van der Waals surface area contributed by atoms with Gasteiger partial charge in [0.1, 0.15) is 0 Å². The summed E-state index contributed by atoms with van der Waals surface area (Å²) in [6, 6.07) is 6.56. The van der Waals surface area contributed by atoms with E-state index in [0.29, 0.717) is 11.8 Å². The maximum Gasteiger partial charge on any atom is 0.0127 e. The highest BCUT2D eigenvalue weighted by molar-refractivity contribution is 5.62. The third-order valence-corrected chi connectivity index (χ3v) is 3.37. The summed E-state index contributed by atoms with van der Waals surface area (Å²) in [4.78, 5) is 0. The SMILES string of the molecule is Cc1cccc2c1C1C=CC=CC1C=C2. The van der Waals surface area contributed by atoms with Crippen LogP contribution in [0.4, 0.5) is 0 Å². The van der Waals surface area contributed by atoms with Crippen LogP contribution in [0.2, 0.25) is 0 Å². The fourth-order valence-electron chi connectivity index (χ4n) is 2.62. The van der Waals surface area contributed by atoms with E-state index < -0.39 is 0 Å². The van der Waals surface area contributed by atoms with Crippen molar-refractivity contribution in [2.45, 2.75) is 12.8 Å². The van der Waals surface area contributed by atoms with Crippen LogP contribution in [0.1, 0.15) is 22.6 Å². The Morgan fingerprint density at radius 1 is 1.00 bits per heavy atom. The van der Waals surface area contributed by atoms with Crippen LogP contribution in [-0.4, -0.2) is 0 Å². The molecule has 2 atom stereocenters. The van der Waals surface area contributed by atoms with Gasteiger partial charge in [0.2, 0.25) is 0 Å². The fourth-order valence-corrected chi connectivity index (χ4v) is 2.62. The molecule has 0 saturated carbocycles. The Morgan fingerprint density at radius 2 is 1.87 bits per heavy atom. The lowest BCUT2D eigenvalue weighted by molar-refractivity contribution is 0.688. The van der Waals surface area contributed by atoms with Gasteiger partial charge in [-0.15, -0.1) is 0 Å². The maximum absolute atomic E-state index is 2.32. The second-order valence-electron chi connectivity index (χ2n) is 4.31. The first-order valence-electron chi connectivity index (χ1n) is 5.49. The molecule has 0 fully saturated rings. The molecule has 0 aliphatic heterocycles. The van der Waals surface area contributed by atoms with Crippen LogP contribution in [0.25, 0.3) is 6.08 Å². The molecular weight excluding hydrogens is 180 g/mol. The fraction of sp³-hybridized carbons (Fsp3) is 0.200. The van der Waals surface area contributed by atoms with Crippen molar-refractivity contribution in [3.63, 3.8) is 0 Å². The Morgan fingerprint density at radius 3 is 2.80 bits per heavy atom. The monoisotopic (exact) mass is 194 g/mol. The van der Waals surface area contributed by atoms with Crippen molar-refractivity contribution in [3.05, 3.63) is 65.3 Å². The van der Waals surface area contributed by atoms with Gasteiger partial charge in [-0.2, -0.15) is 0 Å². The predicted molar refractivity (Wildman–Crippen MR) is 64.7 cm³/mol. The van der Waals surface area contributed by atoms with Crippen molar-refractivity contribution < 1.29 is 0 Å². The van der Waals surface area contributed by atoms with Gasteiger partial charge >= 0.3 is 0 Å². The Bertz CT molecular complexity index is 475. The minimum Gasteiger partial charge on any atom is -0.0767 e. The molecule has 74 valence electrons. The topological polar surface area (TPSA) is 0 Å². The average molecular weight is 194 g/mol. The molecule has 0 heterocycles. The third kappa shape index (κ3) is 1.29. The van der Waals surface area contributed by atoms with E-state index in [9.17, 15) is 0 Å². The van der Waals surface area contributed by atoms with Crippen LogP contribution in [0.3, 0.4) is 0 Å². The Balaban J connectivity index is 2.20. The normalized spacial score (nSPS) is 26.2. The van der Waals surface area contributed by atoms with Crippen molar-refractivity contribution >= 4 is 6.08 Å². The first-order chi connectivity index (χ1) is 7.36. The molecule has 3 rings (SSSR count). The molecule has 0 saturated heterocycles. The molecule has 2 aliphatic carbocycles. The van der Waals surface area contributed by atoms with Crippen LogP contribution in [-0.2, 0) is 0 Å². The van der Waals surface area contributed by atoms with Gasteiger partial charge in [-0.25, -0.2) is 0 Å². The van der Waals surface area contributed by atoms with E-state index in [1.807, 2.05) is 0 Å². The van der Waals surface area contributed by atoms with Gasteiger partial charge in [0, 0.05) is 11.8 Å². The third-order valence-electron chi connectivity index (χ3n) is 3.37. The lowest BCUT2D eigenvalue weighted by Crippen LogP contribution is -2.14. The molecule has 1 aromatic rings. The number of rotatable bonds is 0. The zero-order valence-electron chi connectivity index (χ0n) is 8.85. The molecule has 2 unspecified atom stereocenters. The smallest absolute Gasteiger partial charge is 0.0127 e. The molecular formula is C15H14. The Labute approximate surface area is 90.6 Å². The van der Waals surface area contributed by atoms with Crippen molar-refractivity contribution in [1.82, 2.24) is 0 Å². The zero-order valence-corrected chi connectivity index (χ0v) is 8.85. The van der Waals surface area contributed by atoms with Crippen molar-refractivity contribution in [2.75, 3.05) is 0 Å². The van der Waals surface area contributed by atoms with Crippen LogP contribution < -0.4 is 0 Å². The Hall–Kier alpha value is -1.56. The summed E-state index contributed by atoms with van der Waals surface area (Å²) in [6.07, 6.45) is 13.5. The van der Waals surface area contributed by atoms with Gasteiger partial charge in [0.15, 0.2) is 0 Å². The molecule has 0 spiro atoms. The molecule has 0 bridgehead atoms. The van der Waals surface area contributed by atoms with Crippen molar-refractivity contribution in [1.29, 1.82) is 0 Å². The summed E-state index contributed by atoms with van der Waals surface area (Å²) in [5, 5.41) is 0. The quantitative estimate of drug-likeness (QED) is 0.588. The predicted octanol–water partition coefficient (Wildman–Crippen LogP) is 3.85. The van der Waals surface area contributed by atoms with Gasteiger partial charge < -0.3 is 0 Å². The van der Waals surface area contributed by atoms with Gasteiger partial charge in [-0.3, -0.25) is 0 Å². The van der Waals surface area contributed by atoms with Gasteiger partial charge in [-0.05, 0) is 23.6 Å². The highest BCUT2D eigenvalue weighted by atomic mass is 14.3. The van der Waals surface area contributed by atoms with Crippen molar-refractivity contribution in [3.8, 4) is 0 Å². The van der Waals surface area contributed by atoms with E-state index in [-0.39, 0.29) is 0 Å². The highest BCUT2D eigenvalue weighted by Gasteiger charge is 2.24. The summed E-state index contributed by atoms with van der Waals surface area (Å²) in [7, 11) is 0. The van der Waals surface area contributed by atoms with Gasteiger partial charge in [0.25, 0.3) is 0 Å². The zero-order chi connectivity index (χ0) is 10.3. The van der Waals surface area contributed by atoms with E-state index >= 15 is 0 Å². The number of fused-ring (bicyclic) bond motifs is 3. The summed E-state index contributed by atoms with van der Waals surface area (Å²) in [5.74, 6) is 1.11. The van der Waals surface area contributed by atoms with E-state index in [0.717, 1.165) is 0 Å². The highest BCUT2D eigenvalue weighted by Crippen LogP contribution is 2.39. The lowest BCUT2D eigenvalue weighted by Gasteiger charge is -2.28. The van der Waals surface area contributed by atoms with E-state index in [2.05, 4.69) is 61.6 Å². The molecule has 0 nitrogen and oxygen atoms in total. The first-order valence-corrected chi connectivity index (χ1v) is 5.49. The largest absolute Gasteiger partial charge is 0.0767 e. The first kappa shape index (κ1) is 8.72. The summed E-state index contributed by atoms with van der Waals surface area (Å²) in [6.45, 7) is 2.21. The number of benzene rings is 1. The molecule has 0 radical (unpaired) electrons. The lowest BCUT2D eigenvalue weighted by atomic mass is 9.75. The molecule has 0 N–H and O–H groups in total. The average Bonchev–Trinajstić information content (AvgIpc) is 2.29. The summed E-state index contributed by atoms with van der Waals surface area (Å²) < 4.78 is 0. The van der Waals surface area contributed by atoms with Crippen LogP contribution >= 0.6 is 0 Å². The molecule has 0 heteroatoms. The summed E-state index contributed by atoms with van der Waals surface area (Å²) >= 11 is 0. The second-order valence-corrected chi connectivity index (χ2v) is 4.31. The minimum absolute atomic E-state index is 0.552. The maximum atomic E-state index is 2.32. The molecule has 0 amide bonds. The molecule has 15 heavy (non-hydrogen) atoms. The van der Waals surface area contributed by atoms with Gasteiger partial charge in [0.05, 0.1) is 0 Å². The molecule has 0 aromatic heterocycles. The number of allylic oxidation sites excluding steroid dienone is 5. The Kier molecular flexibility index (Phi) is 1.88. The number of aryl methyl sites for hydroxylation is 1. The summed E-state index contributed by atoms with van der Waals surface area (Å²) in [5.41, 5.74) is 4.30.